The molecule has 0 saturated carbocycles. The van der Waals surface area contributed by atoms with Crippen LogP contribution in [-0.4, -0.2) is 0 Å². The molecule has 0 N–H and O–H groups in total. The second-order valence-electron chi connectivity index (χ2n) is 2.21. The molecule has 0 amide bonds. The van der Waals surface area contributed by atoms with Crippen molar-refractivity contribution < 1.29 is 21.1 Å². The summed E-state index contributed by atoms with van der Waals surface area (Å²) in [6.07, 6.45) is 10.9. The van der Waals surface area contributed by atoms with Gasteiger partial charge in [-0.3, -0.25) is 0 Å². The monoisotopic (exact) mass is 303 g/mol. The van der Waals surface area contributed by atoms with Crippen LogP contribution in [0.2, 0.25) is 0 Å². The van der Waals surface area contributed by atoms with Crippen molar-refractivity contribution in [3.05, 3.63) is 17.9 Å². The second-order valence-corrected chi connectivity index (χ2v) is 2.21. The van der Waals surface area contributed by atoms with Crippen LogP contribution in [0.25, 0.3) is 0 Å². The molecule has 0 fully saturated rings. The van der Waals surface area contributed by atoms with Crippen molar-refractivity contribution in [1.29, 1.82) is 0 Å². The minimum atomic E-state index is 0. The molecule has 1 heteroatoms. The van der Waals surface area contributed by atoms with Gasteiger partial charge in [-0.05, 0) is 37.8 Å². The molecule has 0 bridgehead atoms. The quantitative estimate of drug-likeness (QED) is 0.604. The molecule has 0 spiro atoms. The van der Waals surface area contributed by atoms with E-state index < -0.39 is 0 Å². The molecule has 0 aromatic carbocycles. The molecule has 0 aromatic rings. The summed E-state index contributed by atoms with van der Waals surface area (Å²) in [5, 5.41) is 0. The zero-order valence-electron chi connectivity index (χ0n) is 5.51. The van der Waals surface area contributed by atoms with E-state index in [2.05, 4.69) is 17.9 Å². The Morgan fingerprint density at radius 3 is 2.00 bits per heavy atom. The fourth-order valence-corrected chi connectivity index (χ4v) is 0.920. The van der Waals surface area contributed by atoms with E-state index in [4.69, 9.17) is 0 Å². The third kappa shape index (κ3) is 4.70. The van der Waals surface area contributed by atoms with Crippen molar-refractivity contribution in [2.75, 3.05) is 0 Å². The van der Waals surface area contributed by atoms with Crippen LogP contribution in [0.3, 0.4) is 0 Å². The fourth-order valence-electron chi connectivity index (χ4n) is 0.920. The molecule has 0 atom stereocenters. The molecule has 0 unspecified atom stereocenters. The molecule has 9 heavy (non-hydrogen) atoms. The van der Waals surface area contributed by atoms with E-state index in [9.17, 15) is 0 Å². The molecule has 1 rings (SSSR count). The standard InChI is InChI=1S/C8H12.Pt/c1-2-4-6-8-7-5-3-1;/h1,5H,2,4,6-8H2;. The Morgan fingerprint density at radius 1 is 0.889 bits per heavy atom. The Hall–Kier alpha value is 0.208. The minimum Gasteiger partial charge on any atom is -0.130 e. The maximum Gasteiger partial charge on any atom is 0 e. The summed E-state index contributed by atoms with van der Waals surface area (Å²) in [5.74, 6) is 0. The average molecular weight is 303 g/mol. The molecule has 54 valence electrons. The summed E-state index contributed by atoms with van der Waals surface area (Å²) in [7, 11) is 0. The van der Waals surface area contributed by atoms with Crippen molar-refractivity contribution in [2.45, 2.75) is 32.1 Å². The van der Waals surface area contributed by atoms with Gasteiger partial charge < -0.3 is 0 Å². The van der Waals surface area contributed by atoms with Crippen molar-refractivity contribution in [1.82, 2.24) is 0 Å². The third-order valence-corrected chi connectivity index (χ3v) is 1.43. The fraction of sp³-hybridized carbons (Fsp3) is 0.625. The van der Waals surface area contributed by atoms with Gasteiger partial charge >= 0.3 is 0 Å². The molecule has 1 aliphatic carbocycles. The van der Waals surface area contributed by atoms with E-state index in [0.717, 1.165) is 0 Å². The van der Waals surface area contributed by atoms with Crippen LogP contribution in [0.5, 0.6) is 0 Å². The Morgan fingerprint density at radius 2 is 1.44 bits per heavy atom. The second kappa shape index (κ2) is 6.33. The van der Waals surface area contributed by atoms with E-state index in [1.54, 1.807) is 0 Å². The summed E-state index contributed by atoms with van der Waals surface area (Å²) < 4.78 is 0. The van der Waals surface area contributed by atoms with Crippen LogP contribution in [0, 0.1) is 0 Å². The third-order valence-electron chi connectivity index (χ3n) is 1.43. The first kappa shape index (κ1) is 9.21. The molecule has 1 aliphatic rings. The molecule has 0 nitrogen and oxygen atoms in total. The van der Waals surface area contributed by atoms with Crippen LogP contribution >= 0.6 is 0 Å². The first-order valence-electron chi connectivity index (χ1n) is 3.39. The van der Waals surface area contributed by atoms with Crippen LogP contribution in [0.15, 0.2) is 17.9 Å². The summed E-state index contributed by atoms with van der Waals surface area (Å²) in [5.41, 5.74) is 3.14. The van der Waals surface area contributed by atoms with Gasteiger partial charge in [-0.1, -0.05) is 6.42 Å². The van der Waals surface area contributed by atoms with E-state index >= 15 is 0 Å². The molecule has 0 aliphatic heterocycles. The Kier molecular flexibility index (Phi) is 6.48. The number of hydrogen-bond donors (Lipinski definition) is 0. The predicted octanol–water partition coefficient (Wildman–Crippen LogP) is 2.66. The van der Waals surface area contributed by atoms with E-state index in [-0.39, 0.29) is 21.1 Å². The SMILES string of the molecule is C1=CCCCCCC=1.[Pt]. The first-order valence-corrected chi connectivity index (χ1v) is 3.39. The number of allylic oxidation sites excluding steroid dienone is 1. The number of rotatable bonds is 0. The van der Waals surface area contributed by atoms with Gasteiger partial charge in [0, 0.05) is 21.1 Å². The summed E-state index contributed by atoms with van der Waals surface area (Å²) in [6.45, 7) is 0. The molecule has 0 aromatic heterocycles. The van der Waals surface area contributed by atoms with Gasteiger partial charge in [0.25, 0.3) is 0 Å². The Labute approximate surface area is 71.3 Å². The Bertz CT molecular complexity index is 99.7. The van der Waals surface area contributed by atoms with E-state index in [1.807, 2.05) is 0 Å². The van der Waals surface area contributed by atoms with Crippen molar-refractivity contribution in [3.8, 4) is 0 Å². The smallest absolute Gasteiger partial charge is 0 e. The van der Waals surface area contributed by atoms with Gasteiger partial charge in [-0.15, -0.1) is 5.73 Å². The molecular weight excluding hydrogens is 291 g/mol. The zero-order valence-corrected chi connectivity index (χ0v) is 7.78. The van der Waals surface area contributed by atoms with Crippen molar-refractivity contribution in [2.24, 2.45) is 0 Å². The van der Waals surface area contributed by atoms with Crippen molar-refractivity contribution >= 4 is 0 Å². The van der Waals surface area contributed by atoms with E-state index in [0.29, 0.717) is 0 Å². The van der Waals surface area contributed by atoms with Gasteiger partial charge in [0.2, 0.25) is 0 Å². The van der Waals surface area contributed by atoms with Gasteiger partial charge in [-0.25, -0.2) is 0 Å². The van der Waals surface area contributed by atoms with Crippen molar-refractivity contribution in [3.63, 3.8) is 0 Å². The van der Waals surface area contributed by atoms with Gasteiger partial charge in [0.1, 0.15) is 0 Å². The van der Waals surface area contributed by atoms with Crippen LogP contribution in [0.1, 0.15) is 32.1 Å². The van der Waals surface area contributed by atoms with E-state index in [1.165, 1.54) is 32.1 Å². The summed E-state index contributed by atoms with van der Waals surface area (Å²) in [4.78, 5) is 0. The Balaban J connectivity index is 0.000000640. The number of hydrogen-bond acceptors (Lipinski definition) is 0. The first-order chi connectivity index (χ1) is 4.00. The van der Waals surface area contributed by atoms with Gasteiger partial charge in [-0.2, -0.15) is 0 Å². The van der Waals surface area contributed by atoms with Crippen LogP contribution < -0.4 is 0 Å². The largest absolute Gasteiger partial charge is 0.130 e. The summed E-state index contributed by atoms with van der Waals surface area (Å²) in [6, 6.07) is 0. The maximum absolute atomic E-state index is 3.14. The molecule has 0 heterocycles. The molecule has 0 saturated heterocycles. The molecular formula is C8H12Pt. The average Bonchev–Trinajstić information content (AvgIpc) is 1.62. The van der Waals surface area contributed by atoms with Gasteiger partial charge in [0.05, 0.1) is 0 Å². The predicted molar refractivity (Wildman–Crippen MR) is 35.7 cm³/mol. The molecule has 0 radical (unpaired) electrons. The zero-order chi connectivity index (χ0) is 5.66. The maximum atomic E-state index is 3.14. The summed E-state index contributed by atoms with van der Waals surface area (Å²) >= 11 is 0. The topological polar surface area (TPSA) is 0 Å². The van der Waals surface area contributed by atoms with Crippen LogP contribution in [0.4, 0.5) is 0 Å². The van der Waals surface area contributed by atoms with Gasteiger partial charge in [0.15, 0.2) is 0 Å². The normalized spacial score (nSPS) is 17.8. The minimum absolute atomic E-state index is 0. The van der Waals surface area contributed by atoms with Crippen LogP contribution in [-0.2, 0) is 21.1 Å².